The molecule has 23 heavy (non-hydrogen) atoms. The number of rotatable bonds is 2. The summed E-state index contributed by atoms with van der Waals surface area (Å²) in [6.07, 6.45) is 1.65. The van der Waals surface area contributed by atoms with Gasteiger partial charge in [-0.05, 0) is 82.9 Å². The normalized spacial score (nSPS) is 17.7. The Hall–Kier alpha value is -1.32. The molecule has 0 aliphatic carbocycles. The topological polar surface area (TPSA) is 61.7 Å². The van der Waals surface area contributed by atoms with Crippen molar-refractivity contribution in [3.8, 4) is 5.75 Å². The summed E-state index contributed by atoms with van der Waals surface area (Å²) in [5, 5.41) is 13.1. The molecule has 0 unspecified atom stereocenters. The molecule has 2 aromatic carbocycles. The number of benzene rings is 2. The third kappa shape index (κ3) is 4.15. The summed E-state index contributed by atoms with van der Waals surface area (Å²) < 4.78 is 1.96. The van der Waals surface area contributed by atoms with E-state index in [4.69, 9.17) is 0 Å². The van der Waals surface area contributed by atoms with Crippen LogP contribution in [0.1, 0.15) is 5.56 Å². The molecule has 1 aliphatic heterocycles. The van der Waals surface area contributed by atoms with Gasteiger partial charge in [0, 0.05) is 13.6 Å². The fourth-order valence-corrected chi connectivity index (χ4v) is 3.47. The Morgan fingerprint density at radius 2 is 1.96 bits per heavy atom. The van der Waals surface area contributed by atoms with E-state index in [0.29, 0.717) is 15.6 Å². The van der Waals surface area contributed by atoms with Gasteiger partial charge in [0.05, 0.1) is 10.6 Å². The zero-order valence-electron chi connectivity index (χ0n) is 11.6. The van der Waals surface area contributed by atoms with Crippen molar-refractivity contribution in [2.75, 3.05) is 0 Å². The number of aliphatic imine (C=N–C) groups is 1. The summed E-state index contributed by atoms with van der Waals surface area (Å²) in [5.74, 6) is -0.101. The lowest BCUT2D eigenvalue weighted by molar-refractivity contribution is -0.115. The Labute approximate surface area is 159 Å². The Morgan fingerprint density at radius 3 is 2.70 bits per heavy atom. The van der Waals surface area contributed by atoms with Crippen molar-refractivity contribution >= 4 is 73.1 Å². The van der Waals surface area contributed by atoms with Crippen LogP contribution in [0.2, 0.25) is 0 Å². The predicted octanol–water partition coefficient (Wildman–Crippen LogP) is 4.65. The van der Waals surface area contributed by atoms with Crippen LogP contribution >= 0.6 is 50.3 Å². The van der Waals surface area contributed by atoms with E-state index in [0.717, 1.165) is 13.7 Å². The van der Waals surface area contributed by atoms with E-state index in [1.54, 1.807) is 24.3 Å². The summed E-state index contributed by atoms with van der Waals surface area (Å²) >= 11 is 6.83. The monoisotopic (exact) mass is 500 g/mol. The second kappa shape index (κ2) is 7.06. The lowest BCUT2D eigenvalue weighted by Crippen LogP contribution is -2.19. The number of amides is 1. The van der Waals surface area contributed by atoms with Crippen LogP contribution < -0.4 is 5.32 Å². The first kappa shape index (κ1) is 16.5. The maximum Gasteiger partial charge on any atom is 0.264 e. The highest BCUT2D eigenvalue weighted by molar-refractivity contribution is 14.1. The Kier molecular flexibility index (Phi) is 5.08. The van der Waals surface area contributed by atoms with Crippen LogP contribution in [-0.2, 0) is 4.79 Å². The van der Waals surface area contributed by atoms with Gasteiger partial charge in [-0.3, -0.25) is 4.79 Å². The molecule has 1 fully saturated rings. The molecule has 0 bridgehead atoms. The van der Waals surface area contributed by atoms with Crippen molar-refractivity contribution < 1.29 is 9.90 Å². The molecule has 1 saturated heterocycles. The fourth-order valence-electron chi connectivity index (χ4n) is 1.90. The number of aromatic hydroxyl groups is 1. The number of carbonyl (C=O) groups is 1. The van der Waals surface area contributed by atoms with Crippen LogP contribution in [0, 0.1) is 3.57 Å². The number of halogens is 2. The number of thioether (sulfide) groups is 1. The third-order valence-electron chi connectivity index (χ3n) is 2.98. The summed E-state index contributed by atoms with van der Waals surface area (Å²) in [6.45, 7) is 0. The summed E-state index contributed by atoms with van der Waals surface area (Å²) in [7, 11) is 0. The molecule has 2 aromatic rings. The largest absolute Gasteiger partial charge is 0.507 e. The highest BCUT2D eigenvalue weighted by Crippen LogP contribution is 2.31. The molecule has 1 heterocycles. The van der Waals surface area contributed by atoms with Gasteiger partial charge in [-0.2, -0.15) is 0 Å². The summed E-state index contributed by atoms with van der Waals surface area (Å²) in [5.41, 5.74) is 1.35. The predicted molar refractivity (Wildman–Crippen MR) is 106 cm³/mol. The Morgan fingerprint density at radius 1 is 1.22 bits per heavy atom. The van der Waals surface area contributed by atoms with Gasteiger partial charge in [0.25, 0.3) is 5.91 Å². The SMILES string of the molecule is O=C1NC(=Nc2ccc(I)cc2)S/C1=C/c1cc(Br)ccc1O. The molecule has 0 atom stereocenters. The van der Waals surface area contributed by atoms with Gasteiger partial charge in [0.15, 0.2) is 5.17 Å². The van der Waals surface area contributed by atoms with Crippen LogP contribution in [0.5, 0.6) is 5.75 Å². The minimum absolute atomic E-state index is 0.122. The van der Waals surface area contributed by atoms with Crippen LogP contribution in [0.15, 0.2) is 56.8 Å². The van der Waals surface area contributed by atoms with Gasteiger partial charge >= 0.3 is 0 Å². The molecule has 1 aliphatic rings. The smallest absolute Gasteiger partial charge is 0.264 e. The molecule has 7 heteroatoms. The van der Waals surface area contributed by atoms with E-state index < -0.39 is 0 Å². The molecule has 0 spiro atoms. The maximum atomic E-state index is 12.1. The first-order valence-electron chi connectivity index (χ1n) is 6.55. The van der Waals surface area contributed by atoms with Gasteiger partial charge < -0.3 is 10.4 Å². The number of phenols is 1. The van der Waals surface area contributed by atoms with Crippen LogP contribution in [0.3, 0.4) is 0 Å². The van der Waals surface area contributed by atoms with Gasteiger partial charge in [-0.15, -0.1) is 0 Å². The fraction of sp³-hybridized carbons (Fsp3) is 0. The molecule has 2 N–H and O–H groups in total. The van der Waals surface area contributed by atoms with Crippen LogP contribution in [0.4, 0.5) is 5.69 Å². The number of nitrogens with zero attached hydrogens (tertiary/aromatic N) is 1. The van der Waals surface area contributed by atoms with Gasteiger partial charge in [-0.25, -0.2) is 4.99 Å². The van der Waals surface area contributed by atoms with Crippen molar-refractivity contribution in [3.05, 3.63) is 61.0 Å². The molecule has 0 radical (unpaired) electrons. The van der Waals surface area contributed by atoms with Crippen molar-refractivity contribution in [2.24, 2.45) is 4.99 Å². The highest BCUT2D eigenvalue weighted by atomic mass is 127. The van der Waals surface area contributed by atoms with Crippen molar-refractivity contribution in [3.63, 3.8) is 0 Å². The average Bonchev–Trinajstić information content (AvgIpc) is 2.85. The summed E-state index contributed by atoms with van der Waals surface area (Å²) in [4.78, 5) is 17.0. The first-order valence-corrected chi connectivity index (χ1v) is 9.24. The average molecular weight is 501 g/mol. The second-order valence-electron chi connectivity index (χ2n) is 4.66. The number of carbonyl (C=O) groups excluding carboxylic acids is 1. The molecule has 4 nitrogen and oxygen atoms in total. The standard InChI is InChI=1S/C16H10BrIN2O2S/c17-10-1-6-13(21)9(7-10)8-14-15(22)20-16(23-14)19-12-4-2-11(18)3-5-12/h1-8,21H,(H,19,20,22)/b14-8+. The van der Waals surface area contributed by atoms with Crippen LogP contribution in [-0.4, -0.2) is 16.2 Å². The van der Waals surface area contributed by atoms with E-state index in [2.05, 4.69) is 48.8 Å². The van der Waals surface area contributed by atoms with Crippen molar-refractivity contribution in [1.29, 1.82) is 0 Å². The number of hydrogen-bond donors (Lipinski definition) is 2. The van der Waals surface area contributed by atoms with Crippen molar-refractivity contribution in [2.45, 2.75) is 0 Å². The molecule has 116 valence electrons. The molecular formula is C16H10BrIN2O2S. The number of hydrogen-bond acceptors (Lipinski definition) is 4. The number of nitrogens with one attached hydrogen (secondary N) is 1. The molecular weight excluding hydrogens is 491 g/mol. The lowest BCUT2D eigenvalue weighted by atomic mass is 10.2. The first-order chi connectivity index (χ1) is 11.0. The number of amidine groups is 1. The third-order valence-corrected chi connectivity index (χ3v) is 5.11. The molecule has 0 saturated carbocycles. The maximum absolute atomic E-state index is 12.1. The molecule has 0 aromatic heterocycles. The van der Waals surface area contributed by atoms with Gasteiger partial charge in [-0.1, -0.05) is 15.9 Å². The molecule has 3 rings (SSSR count). The quantitative estimate of drug-likeness (QED) is 0.466. The van der Waals surface area contributed by atoms with Gasteiger partial charge in [0.2, 0.25) is 0 Å². The Bertz CT molecular complexity index is 834. The minimum Gasteiger partial charge on any atom is -0.507 e. The van der Waals surface area contributed by atoms with E-state index in [1.165, 1.54) is 11.8 Å². The summed E-state index contributed by atoms with van der Waals surface area (Å²) in [6, 6.07) is 12.8. The van der Waals surface area contributed by atoms with E-state index in [-0.39, 0.29) is 11.7 Å². The van der Waals surface area contributed by atoms with E-state index in [9.17, 15) is 9.90 Å². The van der Waals surface area contributed by atoms with Crippen molar-refractivity contribution in [1.82, 2.24) is 5.32 Å². The van der Waals surface area contributed by atoms with E-state index >= 15 is 0 Å². The minimum atomic E-state index is -0.223. The van der Waals surface area contributed by atoms with Gasteiger partial charge in [0.1, 0.15) is 5.75 Å². The molecule has 1 amide bonds. The lowest BCUT2D eigenvalue weighted by Gasteiger charge is -2.00. The zero-order valence-corrected chi connectivity index (χ0v) is 16.1. The second-order valence-corrected chi connectivity index (χ2v) is 7.85. The number of phenolic OH excluding ortho intramolecular Hbond substituents is 1. The zero-order chi connectivity index (χ0) is 16.4. The van der Waals surface area contributed by atoms with E-state index in [1.807, 2.05) is 24.3 Å². The Balaban J connectivity index is 1.86. The van der Waals surface area contributed by atoms with Crippen LogP contribution in [0.25, 0.3) is 6.08 Å². The highest BCUT2D eigenvalue weighted by Gasteiger charge is 2.24.